The molecule has 1 aliphatic carbocycles. The Hall–Kier alpha value is -1.67. The Kier molecular flexibility index (Phi) is 3.35. The van der Waals surface area contributed by atoms with E-state index in [1.165, 1.54) is 12.1 Å². The smallest absolute Gasteiger partial charge is 0.165 e. The summed E-state index contributed by atoms with van der Waals surface area (Å²) in [5, 5.41) is -0.724. The van der Waals surface area contributed by atoms with E-state index in [1.54, 1.807) is 12.1 Å². The van der Waals surface area contributed by atoms with E-state index in [0.717, 1.165) is 18.4 Å². The minimum absolute atomic E-state index is 0.0111. The van der Waals surface area contributed by atoms with Gasteiger partial charge in [0.15, 0.2) is 5.78 Å². The van der Waals surface area contributed by atoms with Gasteiger partial charge in [-0.3, -0.25) is 4.79 Å². The highest BCUT2D eigenvalue weighted by molar-refractivity contribution is 6.32. The molecule has 2 aromatic rings. The summed E-state index contributed by atoms with van der Waals surface area (Å²) in [6.07, 6.45) is 1.67. The third-order valence-corrected chi connectivity index (χ3v) is 4.39. The molecule has 20 heavy (non-hydrogen) atoms. The first kappa shape index (κ1) is 13.3. The van der Waals surface area contributed by atoms with Gasteiger partial charge in [-0.1, -0.05) is 42.5 Å². The predicted octanol–water partition coefficient (Wildman–Crippen LogP) is 4.41. The first-order valence-corrected chi connectivity index (χ1v) is 7.06. The number of Topliss-reactive ketones (excluding diaryl/α,β-unsaturated/α-hetero) is 1. The number of hydrogen-bond donors (Lipinski definition) is 0. The van der Waals surface area contributed by atoms with Gasteiger partial charge in [0, 0.05) is 0 Å². The quantitative estimate of drug-likeness (QED) is 0.762. The van der Waals surface area contributed by atoms with E-state index in [0.29, 0.717) is 5.56 Å². The average Bonchev–Trinajstić information content (AvgIpc) is 3.29. The number of halogens is 2. The molecule has 0 spiro atoms. The van der Waals surface area contributed by atoms with Crippen molar-refractivity contribution in [2.24, 2.45) is 0 Å². The molecule has 1 fully saturated rings. The van der Waals surface area contributed by atoms with Crippen LogP contribution in [-0.4, -0.2) is 5.78 Å². The molecule has 0 saturated heterocycles. The summed E-state index contributed by atoms with van der Waals surface area (Å²) >= 11 is 6.31. The Morgan fingerprint density at radius 1 is 1.05 bits per heavy atom. The number of benzene rings is 2. The highest BCUT2D eigenvalue weighted by Crippen LogP contribution is 2.52. The Morgan fingerprint density at radius 3 is 2.20 bits per heavy atom. The molecule has 0 amide bonds. The molecule has 0 heterocycles. The fourth-order valence-electron chi connectivity index (χ4n) is 2.59. The van der Waals surface area contributed by atoms with E-state index in [1.807, 2.05) is 30.3 Å². The Labute approximate surface area is 122 Å². The molecule has 2 aromatic carbocycles. The number of carbonyl (C=O) groups excluding carboxylic acids is 1. The van der Waals surface area contributed by atoms with Crippen LogP contribution in [0.2, 0.25) is 0 Å². The molecule has 0 aromatic heterocycles. The predicted molar refractivity (Wildman–Crippen MR) is 77.4 cm³/mol. The van der Waals surface area contributed by atoms with Crippen LogP contribution in [0.5, 0.6) is 0 Å². The second-order valence-corrected chi connectivity index (χ2v) is 5.66. The molecule has 102 valence electrons. The molecular formula is C17H14ClFO. The molecule has 1 aliphatic rings. The zero-order valence-corrected chi connectivity index (χ0v) is 11.6. The highest BCUT2D eigenvalue weighted by atomic mass is 35.5. The fourth-order valence-corrected chi connectivity index (χ4v) is 2.94. The van der Waals surface area contributed by atoms with Gasteiger partial charge < -0.3 is 0 Å². The topological polar surface area (TPSA) is 17.1 Å². The summed E-state index contributed by atoms with van der Waals surface area (Å²) in [7, 11) is 0. The van der Waals surface area contributed by atoms with Crippen LogP contribution in [0.25, 0.3) is 0 Å². The maximum absolute atomic E-state index is 12.9. The monoisotopic (exact) mass is 288 g/mol. The van der Waals surface area contributed by atoms with Crippen LogP contribution in [0.15, 0.2) is 54.6 Å². The summed E-state index contributed by atoms with van der Waals surface area (Å²) < 4.78 is 12.9. The first-order valence-electron chi connectivity index (χ1n) is 6.63. The minimum Gasteiger partial charge on any atom is -0.297 e. The zero-order chi connectivity index (χ0) is 14.2. The molecule has 0 bridgehead atoms. The van der Waals surface area contributed by atoms with Crippen LogP contribution in [0.1, 0.15) is 29.3 Å². The van der Waals surface area contributed by atoms with Crippen LogP contribution in [0, 0.1) is 5.82 Å². The maximum atomic E-state index is 12.9. The molecule has 1 saturated carbocycles. The van der Waals surface area contributed by atoms with Crippen LogP contribution < -0.4 is 0 Å². The second-order valence-electron chi connectivity index (χ2n) is 5.23. The summed E-state index contributed by atoms with van der Waals surface area (Å²) in [5.41, 5.74) is 1.24. The van der Waals surface area contributed by atoms with Gasteiger partial charge in [0.05, 0.1) is 5.41 Å². The van der Waals surface area contributed by atoms with Crippen molar-refractivity contribution in [2.45, 2.75) is 23.6 Å². The molecular weight excluding hydrogens is 275 g/mol. The average molecular weight is 289 g/mol. The number of ketones is 1. The highest BCUT2D eigenvalue weighted by Gasteiger charge is 2.52. The lowest BCUT2D eigenvalue weighted by Crippen LogP contribution is -2.24. The number of rotatable bonds is 4. The van der Waals surface area contributed by atoms with Crippen molar-refractivity contribution in [3.05, 3.63) is 71.5 Å². The Bertz CT molecular complexity index is 617. The molecule has 3 heteroatoms. The third kappa shape index (κ3) is 2.25. The molecule has 1 atom stereocenters. The standard InChI is InChI=1S/C17H14ClFO/c18-15(12-6-8-14(19)9-7-12)16(20)17(10-11-17)13-4-2-1-3-5-13/h1-9,15H,10-11H2. The Balaban J connectivity index is 1.87. The van der Waals surface area contributed by atoms with E-state index >= 15 is 0 Å². The van der Waals surface area contributed by atoms with E-state index in [2.05, 4.69) is 0 Å². The van der Waals surface area contributed by atoms with Crippen molar-refractivity contribution in [2.75, 3.05) is 0 Å². The van der Waals surface area contributed by atoms with Gasteiger partial charge in [0.2, 0.25) is 0 Å². The van der Waals surface area contributed by atoms with Gasteiger partial charge in [-0.25, -0.2) is 4.39 Å². The fraction of sp³-hybridized carbons (Fsp3) is 0.235. The number of hydrogen-bond acceptors (Lipinski definition) is 1. The summed E-state index contributed by atoms with van der Waals surface area (Å²) in [6.45, 7) is 0. The van der Waals surface area contributed by atoms with Crippen LogP contribution in [-0.2, 0) is 10.2 Å². The summed E-state index contributed by atoms with van der Waals surface area (Å²) in [4.78, 5) is 12.7. The largest absolute Gasteiger partial charge is 0.297 e. The molecule has 0 aliphatic heterocycles. The van der Waals surface area contributed by atoms with Crippen molar-refractivity contribution in [3.63, 3.8) is 0 Å². The van der Waals surface area contributed by atoms with Crippen molar-refractivity contribution in [1.82, 2.24) is 0 Å². The van der Waals surface area contributed by atoms with Gasteiger partial charge in [-0.15, -0.1) is 11.6 Å². The lowest BCUT2D eigenvalue weighted by Gasteiger charge is -2.18. The molecule has 1 unspecified atom stereocenters. The minimum atomic E-state index is -0.724. The maximum Gasteiger partial charge on any atom is 0.165 e. The van der Waals surface area contributed by atoms with Gasteiger partial charge in [-0.05, 0) is 36.1 Å². The number of alkyl halides is 1. The van der Waals surface area contributed by atoms with E-state index in [-0.39, 0.29) is 11.6 Å². The lowest BCUT2D eigenvalue weighted by molar-refractivity contribution is -0.121. The lowest BCUT2D eigenvalue weighted by atomic mass is 9.88. The normalized spacial score (nSPS) is 17.5. The summed E-state index contributed by atoms with van der Waals surface area (Å²) in [5.74, 6) is -0.314. The van der Waals surface area contributed by atoms with E-state index in [9.17, 15) is 9.18 Å². The van der Waals surface area contributed by atoms with E-state index in [4.69, 9.17) is 11.6 Å². The molecule has 0 N–H and O–H groups in total. The van der Waals surface area contributed by atoms with Crippen molar-refractivity contribution >= 4 is 17.4 Å². The van der Waals surface area contributed by atoms with Crippen molar-refractivity contribution in [3.8, 4) is 0 Å². The molecule has 1 nitrogen and oxygen atoms in total. The zero-order valence-electron chi connectivity index (χ0n) is 10.9. The van der Waals surface area contributed by atoms with Gasteiger partial charge in [0.25, 0.3) is 0 Å². The number of carbonyl (C=O) groups is 1. The Morgan fingerprint density at radius 2 is 1.65 bits per heavy atom. The third-order valence-electron chi connectivity index (χ3n) is 3.94. The molecule has 3 rings (SSSR count). The van der Waals surface area contributed by atoms with Crippen LogP contribution in [0.3, 0.4) is 0 Å². The van der Waals surface area contributed by atoms with Crippen LogP contribution in [0.4, 0.5) is 4.39 Å². The first-order chi connectivity index (χ1) is 9.63. The van der Waals surface area contributed by atoms with Crippen molar-refractivity contribution < 1.29 is 9.18 Å². The van der Waals surface area contributed by atoms with Crippen molar-refractivity contribution in [1.29, 1.82) is 0 Å². The van der Waals surface area contributed by atoms with Gasteiger partial charge in [0.1, 0.15) is 11.2 Å². The summed E-state index contributed by atoms with van der Waals surface area (Å²) in [6, 6.07) is 15.6. The second kappa shape index (κ2) is 5.02. The van der Waals surface area contributed by atoms with E-state index < -0.39 is 10.8 Å². The van der Waals surface area contributed by atoms with Gasteiger partial charge in [-0.2, -0.15) is 0 Å². The van der Waals surface area contributed by atoms with Gasteiger partial charge >= 0.3 is 0 Å². The SMILES string of the molecule is O=C(C(Cl)c1ccc(F)cc1)C1(c2ccccc2)CC1. The van der Waals surface area contributed by atoms with Crippen LogP contribution >= 0.6 is 11.6 Å². The molecule has 0 radical (unpaired) electrons.